The minimum absolute atomic E-state index is 0.225. The third kappa shape index (κ3) is 2.66. The number of benzene rings is 1. The van der Waals surface area contributed by atoms with Gasteiger partial charge in [-0.3, -0.25) is 4.90 Å². The molecule has 2 fully saturated rings. The van der Waals surface area contributed by atoms with Crippen LogP contribution < -0.4 is 4.90 Å². The summed E-state index contributed by atoms with van der Waals surface area (Å²) in [6.07, 6.45) is 5.05. The van der Waals surface area contributed by atoms with Gasteiger partial charge in [0, 0.05) is 30.9 Å². The summed E-state index contributed by atoms with van der Waals surface area (Å²) in [5.74, 6) is -0.334. The Hall–Kier alpha value is -0.800. The molecule has 2 unspecified atom stereocenters. The molecule has 20 heavy (non-hydrogen) atoms. The summed E-state index contributed by atoms with van der Waals surface area (Å²) in [7, 11) is 0. The topological polar surface area (TPSA) is 6.48 Å². The number of fused-ring (bicyclic) bond motifs is 1. The van der Waals surface area contributed by atoms with Crippen molar-refractivity contribution in [3.63, 3.8) is 0 Å². The zero-order chi connectivity index (χ0) is 14.1. The van der Waals surface area contributed by atoms with Crippen LogP contribution in [-0.4, -0.2) is 36.6 Å². The van der Waals surface area contributed by atoms with Crippen molar-refractivity contribution in [3.05, 3.63) is 29.0 Å². The van der Waals surface area contributed by atoms with Crippen molar-refractivity contribution in [2.24, 2.45) is 0 Å². The smallest absolute Gasteiger partial charge is 0.141 e. The molecule has 2 nitrogen and oxygen atoms in total. The predicted octanol–water partition coefficient (Wildman–Crippen LogP) is 3.93. The van der Waals surface area contributed by atoms with Gasteiger partial charge in [0.15, 0.2) is 0 Å². The summed E-state index contributed by atoms with van der Waals surface area (Å²) < 4.78 is 13.4. The number of anilines is 1. The highest BCUT2D eigenvalue weighted by atomic mass is 35.5. The number of nitrogens with zero attached hydrogens (tertiary/aromatic N) is 2. The molecular formula is C16H22ClFN2. The largest absolute Gasteiger partial charge is 0.366 e. The van der Waals surface area contributed by atoms with Gasteiger partial charge in [0.1, 0.15) is 5.82 Å². The van der Waals surface area contributed by atoms with E-state index in [1.807, 2.05) is 6.07 Å². The average Bonchev–Trinajstić information content (AvgIpc) is 2.48. The Labute approximate surface area is 125 Å². The summed E-state index contributed by atoms with van der Waals surface area (Å²) in [5, 5.41) is 0.225. The molecule has 0 radical (unpaired) electrons. The highest BCUT2D eigenvalue weighted by Gasteiger charge is 2.34. The van der Waals surface area contributed by atoms with E-state index in [0.717, 1.165) is 25.2 Å². The normalized spacial score (nSPS) is 27.4. The van der Waals surface area contributed by atoms with E-state index in [1.54, 1.807) is 6.07 Å². The molecule has 1 aromatic rings. The van der Waals surface area contributed by atoms with Gasteiger partial charge in [-0.2, -0.15) is 0 Å². The lowest BCUT2D eigenvalue weighted by atomic mass is 9.95. The molecule has 0 spiro atoms. The zero-order valence-electron chi connectivity index (χ0n) is 12.0. The lowest BCUT2D eigenvalue weighted by Crippen LogP contribution is -2.59. The molecule has 0 amide bonds. The maximum absolute atomic E-state index is 13.4. The summed E-state index contributed by atoms with van der Waals surface area (Å²) in [6, 6.07) is 6.28. The molecule has 2 saturated heterocycles. The van der Waals surface area contributed by atoms with Crippen molar-refractivity contribution in [2.75, 3.05) is 24.5 Å². The van der Waals surface area contributed by atoms with Crippen molar-refractivity contribution in [1.29, 1.82) is 0 Å². The van der Waals surface area contributed by atoms with Crippen LogP contribution in [0, 0.1) is 5.82 Å². The first kappa shape index (κ1) is 14.2. The third-order valence-electron chi connectivity index (χ3n) is 4.75. The van der Waals surface area contributed by atoms with Crippen LogP contribution in [0.25, 0.3) is 0 Å². The van der Waals surface area contributed by atoms with Gasteiger partial charge in [-0.15, -0.1) is 0 Å². The lowest BCUT2D eigenvalue weighted by molar-refractivity contribution is 0.111. The zero-order valence-corrected chi connectivity index (χ0v) is 12.7. The molecule has 0 saturated carbocycles. The quantitative estimate of drug-likeness (QED) is 0.816. The number of hydrogen-bond donors (Lipinski definition) is 0. The molecule has 0 N–H and O–H groups in total. The molecule has 1 aromatic carbocycles. The molecule has 110 valence electrons. The number of hydrogen-bond acceptors (Lipinski definition) is 2. The van der Waals surface area contributed by atoms with Crippen molar-refractivity contribution >= 4 is 17.3 Å². The van der Waals surface area contributed by atoms with Crippen molar-refractivity contribution in [1.82, 2.24) is 4.90 Å². The Morgan fingerprint density at radius 3 is 2.90 bits per heavy atom. The van der Waals surface area contributed by atoms with Gasteiger partial charge in [-0.1, -0.05) is 24.9 Å². The minimum atomic E-state index is -0.334. The standard InChI is InChI=1S/C16H22ClFN2/c1-2-12-10-19-8-4-3-5-14(19)11-20(12)13-6-7-16(18)15(17)9-13/h6-7,9,12,14H,2-5,8,10-11H2,1H3. The Kier molecular flexibility index (Phi) is 4.18. The fraction of sp³-hybridized carbons (Fsp3) is 0.625. The number of halogens is 2. The van der Waals surface area contributed by atoms with Crippen LogP contribution in [-0.2, 0) is 0 Å². The Morgan fingerprint density at radius 2 is 2.15 bits per heavy atom. The van der Waals surface area contributed by atoms with Crippen LogP contribution >= 0.6 is 11.6 Å². The first-order valence-electron chi connectivity index (χ1n) is 7.64. The fourth-order valence-corrected chi connectivity index (χ4v) is 3.76. The van der Waals surface area contributed by atoms with Gasteiger partial charge in [0.25, 0.3) is 0 Å². The first-order valence-corrected chi connectivity index (χ1v) is 8.02. The average molecular weight is 297 g/mol. The number of rotatable bonds is 2. The molecule has 2 atom stereocenters. The monoisotopic (exact) mass is 296 g/mol. The van der Waals surface area contributed by atoms with E-state index < -0.39 is 0 Å². The summed E-state index contributed by atoms with van der Waals surface area (Å²) in [5.41, 5.74) is 1.06. The van der Waals surface area contributed by atoms with Crippen molar-refractivity contribution < 1.29 is 4.39 Å². The third-order valence-corrected chi connectivity index (χ3v) is 5.04. The Balaban J connectivity index is 1.84. The van der Waals surface area contributed by atoms with Gasteiger partial charge in [0.05, 0.1) is 5.02 Å². The van der Waals surface area contributed by atoms with Crippen LogP contribution in [0.4, 0.5) is 10.1 Å². The lowest BCUT2D eigenvalue weighted by Gasteiger charge is -2.49. The van der Waals surface area contributed by atoms with Gasteiger partial charge < -0.3 is 4.90 Å². The highest BCUT2D eigenvalue weighted by molar-refractivity contribution is 6.31. The Bertz CT molecular complexity index is 480. The summed E-state index contributed by atoms with van der Waals surface area (Å²) in [6.45, 7) is 5.63. The van der Waals surface area contributed by atoms with Crippen LogP contribution in [0.15, 0.2) is 18.2 Å². The van der Waals surface area contributed by atoms with Gasteiger partial charge in [0.2, 0.25) is 0 Å². The summed E-state index contributed by atoms with van der Waals surface area (Å²) in [4.78, 5) is 5.07. The van der Waals surface area contributed by atoms with Crippen molar-refractivity contribution in [2.45, 2.75) is 44.7 Å². The van der Waals surface area contributed by atoms with Crippen LogP contribution in [0.1, 0.15) is 32.6 Å². The second kappa shape index (κ2) is 5.90. The van der Waals surface area contributed by atoms with Gasteiger partial charge in [-0.05, 0) is 44.0 Å². The first-order chi connectivity index (χ1) is 9.69. The fourth-order valence-electron chi connectivity index (χ4n) is 3.58. The van der Waals surface area contributed by atoms with E-state index in [1.165, 1.54) is 31.9 Å². The number of piperazine rings is 1. The molecule has 2 aliphatic heterocycles. The maximum Gasteiger partial charge on any atom is 0.141 e. The van der Waals surface area contributed by atoms with Gasteiger partial charge in [-0.25, -0.2) is 4.39 Å². The van der Waals surface area contributed by atoms with E-state index in [2.05, 4.69) is 16.7 Å². The maximum atomic E-state index is 13.4. The van der Waals surface area contributed by atoms with Crippen LogP contribution in [0.5, 0.6) is 0 Å². The van der Waals surface area contributed by atoms with E-state index in [9.17, 15) is 4.39 Å². The molecule has 0 bridgehead atoms. The molecular weight excluding hydrogens is 275 g/mol. The predicted molar refractivity (Wildman–Crippen MR) is 82.0 cm³/mol. The van der Waals surface area contributed by atoms with E-state index in [4.69, 9.17) is 11.6 Å². The molecule has 2 aliphatic rings. The second-order valence-corrected chi connectivity index (χ2v) is 6.36. The molecule has 4 heteroatoms. The van der Waals surface area contributed by atoms with Crippen LogP contribution in [0.3, 0.4) is 0 Å². The van der Waals surface area contributed by atoms with E-state index >= 15 is 0 Å². The highest BCUT2D eigenvalue weighted by Crippen LogP contribution is 2.31. The van der Waals surface area contributed by atoms with E-state index in [0.29, 0.717) is 12.1 Å². The number of piperidine rings is 1. The summed E-state index contributed by atoms with van der Waals surface area (Å²) >= 11 is 5.95. The minimum Gasteiger partial charge on any atom is -0.366 e. The van der Waals surface area contributed by atoms with Crippen LogP contribution in [0.2, 0.25) is 5.02 Å². The molecule has 0 aromatic heterocycles. The SMILES string of the molecule is CCC1CN2CCCCC2CN1c1ccc(F)c(Cl)c1. The molecule has 3 rings (SSSR count). The van der Waals surface area contributed by atoms with Gasteiger partial charge >= 0.3 is 0 Å². The Morgan fingerprint density at radius 1 is 1.30 bits per heavy atom. The second-order valence-electron chi connectivity index (χ2n) is 5.96. The molecule has 2 heterocycles. The van der Waals surface area contributed by atoms with E-state index in [-0.39, 0.29) is 10.8 Å². The molecule has 0 aliphatic carbocycles. The van der Waals surface area contributed by atoms with Crippen molar-refractivity contribution in [3.8, 4) is 0 Å².